The summed E-state index contributed by atoms with van der Waals surface area (Å²) in [7, 11) is 1.68. The number of nitrogens with zero attached hydrogens (tertiary/aromatic N) is 3. The molecule has 1 aromatic heterocycles. The minimum atomic E-state index is 0.476. The molecular formula is C15H20N4O. The predicted octanol–water partition coefficient (Wildman–Crippen LogP) is 1.80. The van der Waals surface area contributed by atoms with E-state index in [1.165, 1.54) is 18.4 Å². The smallest absolute Gasteiger partial charge is 0.137 e. The summed E-state index contributed by atoms with van der Waals surface area (Å²) >= 11 is 0. The highest BCUT2D eigenvalue weighted by atomic mass is 16.5. The number of hydrogen-bond acceptors (Lipinski definition) is 4. The zero-order valence-electron chi connectivity index (χ0n) is 11.7. The van der Waals surface area contributed by atoms with E-state index in [0.717, 1.165) is 31.2 Å². The van der Waals surface area contributed by atoms with Crippen molar-refractivity contribution >= 4 is 0 Å². The summed E-state index contributed by atoms with van der Waals surface area (Å²) in [4.78, 5) is 0. The van der Waals surface area contributed by atoms with Crippen molar-refractivity contribution < 1.29 is 4.74 Å². The maximum Gasteiger partial charge on any atom is 0.137 e. The standard InChI is InChI=1S/C15H20N4O/c1-20-14-6-4-12(5-7-14)10-19-11-17-18-15(19)13-3-2-8-16-9-13/h4-7,11,13,16H,2-3,8-10H2,1H3. The number of nitrogens with one attached hydrogen (secondary N) is 1. The van der Waals surface area contributed by atoms with E-state index in [4.69, 9.17) is 4.74 Å². The molecule has 1 aliphatic rings. The van der Waals surface area contributed by atoms with Gasteiger partial charge in [0.15, 0.2) is 0 Å². The number of benzene rings is 1. The van der Waals surface area contributed by atoms with E-state index in [2.05, 4.69) is 32.2 Å². The normalized spacial score (nSPS) is 18.9. The molecule has 1 unspecified atom stereocenters. The van der Waals surface area contributed by atoms with Gasteiger partial charge in [-0.05, 0) is 37.1 Å². The van der Waals surface area contributed by atoms with Gasteiger partial charge in [0.2, 0.25) is 0 Å². The number of ether oxygens (including phenoxy) is 1. The Labute approximate surface area is 119 Å². The monoisotopic (exact) mass is 272 g/mol. The Balaban J connectivity index is 1.75. The van der Waals surface area contributed by atoms with Gasteiger partial charge >= 0.3 is 0 Å². The Morgan fingerprint density at radius 1 is 1.35 bits per heavy atom. The third-order valence-electron chi connectivity index (χ3n) is 3.82. The molecule has 1 fully saturated rings. The maximum absolute atomic E-state index is 5.18. The van der Waals surface area contributed by atoms with E-state index < -0.39 is 0 Å². The molecule has 1 N–H and O–H groups in total. The van der Waals surface area contributed by atoms with Crippen molar-refractivity contribution in [3.05, 3.63) is 42.0 Å². The van der Waals surface area contributed by atoms with Crippen molar-refractivity contribution in [2.24, 2.45) is 0 Å². The molecular weight excluding hydrogens is 252 g/mol. The Kier molecular flexibility index (Phi) is 3.97. The van der Waals surface area contributed by atoms with Crippen molar-refractivity contribution in [1.29, 1.82) is 0 Å². The van der Waals surface area contributed by atoms with Crippen LogP contribution in [-0.2, 0) is 6.54 Å². The minimum absolute atomic E-state index is 0.476. The van der Waals surface area contributed by atoms with E-state index in [-0.39, 0.29) is 0 Å². The highest BCUT2D eigenvalue weighted by molar-refractivity contribution is 5.27. The lowest BCUT2D eigenvalue weighted by atomic mass is 9.99. The molecule has 2 heterocycles. The first-order valence-corrected chi connectivity index (χ1v) is 7.08. The summed E-state index contributed by atoms with van der Waals surface area (Å²) < 4.78 is 7.34. The summed E-state index contributed by atoms with van der Waals surface area (Å²) in [6, 6.07) is 8.15. The first-order chi connectivity index (χ1) is 9.86. The van der Waals surface area contributed by atoms with E-state index in [1.54, 1.807) is 7.11 Å². The van der Waals surface area contributed by atoms with Crippen molar-refractivity contribution in [2.45, 2.75) is 25.3 Å². The Bertz CT molecular complexity index is 543. The van der Waals surface area contributed by atoms with Gasteiger partial charge in [-0.3, -0.25) is 0 Å². The minimum Gasteiger partial charge on any atom is -0.497 e. The molecule has 0 saturated carbocycles. The predicted molar refractivity (Wildman–Crippen MR) is 77.0 cm³/mol. The second-order valence-corrected chi connectivity index (χ2v) is 5.21. The van der Waals surface area contributed by atoms with Crippen LogP contribution >= 0.6 is 0 Å². The molecule has 20 heavy (non-hydrogen) atoms. The van der Waals surface area contributed by atoms with Gasteiger partial charge in [0.1, 0.15) is 17.9 Å². The molecule has 5 nitrogen and oxygen atoms in total. The second-order valence-electron chi connectivity index (χ2n) is 5.21. The molecule has 1 saturated heterocycles. The third-order valence-corrected chi connectivity index (χ3v) is 3.82. The molecule has 3 rings (SSSR count). The molecule has 0 aliphatic carbocycles. The molecule has 2 aromatic rings. The van der Waals surface area contributed by atoms with Crippen molar-refractivity contribution in [2.75, 3.05) is 20.2 Å². The fourth-order valence-corrected chi connectivity index (χ4v) is 2.70. The molecule has 0 bridgehead atoms. The van der Waals surface area contributed by atoms with Crippen LogP contribution in [-0.4, -0.2) is 35.0 Å². The van der Waals surface area contributed by atoms with E-state index in [1.807, 2.05) is 18.5 Å². The molecule has 0 radical (unpaired) electrons. The quantitative estimate of drug-likeness (QED) is 0.922. The van der Waals surface area contributed by atoms with Gasteiger partial charge in [0.25, 0.3) is 0 Å². The van der Waals surface area contributed by atoms with Crippen LogP contribution in [0.3, 0.4) is 0 Å². The van der Waals surface area contributed by atoms with Crippen molar-refractivity contribution in [3.8, 4) is 5.75 Å². The van der Waals surface area contributed by atoms with Gasteiger partial charge in [-0.25, -0.2) is 0 Å². The van der Waals surface area contributed by atoms with Crippen LogP contribution < -0.4 is 10.1 Å². The van der Waals surface area contributed by atoms with E-state index in [9.17, 15) is 0 Å². The number of piperidine rings is 1. The fourth-order valence-electron chi connectivity index (χ4n) is 2.70. The Morgan fingerprint density at radius 3 is 2.90 bits per heavy atom. The molecule has 1 aromatic carbocycles. The largest absolute Gasteiger partial charge is 0.497 e. The molecule has 1 atom stereocenters. The molecule has 0 amide bonds. The van der Waals surface area contributed by atoms with Crippen LogP contribution in [0.1, 0.15) is 30.1 Å². The van der Waals surface area contributed by atoms with Gasteiger partial charge in [0.05, 0.1) is 13.7 Å². The molecule has 106 valence electrons. The zero-order chi connectivity index (χ0) is 13.8. The van der Waals surface area contributed by atoms with E-state index >= 15 is 0 Å². The van der Waals surface area contributed by atoms with Gasteiger partial charge in [-0.2, -0.15) is 0 Å². The SMILES string of the molecule is COc1ccc(Cn2cnnc2C2CCCNC2)cc1. The fraction of sp³-hybridized carbons (Fsp3) is 0.467. The van der Waals surface area contributed by atoms with Crippen LogP contribution in [0.2, 0.25) is 0 Å². The molecule has 0 spiro atoms. The van der Waals surface area contributed by atoms with Gasteiger partial charge in [0, 0.05) is 12.5 Å². The average Bonchev–Trinajstić information content (AvgIpc) is 2.97. The second kappa shape index (κ2) is 6.05. The molecule has 5 heteroatoms. The van der Waals surface area contributed by atoms with Crippen LogP contribution in [0, 0.1) is 0 Å². The topological polar surface area (TPSA) is 52.0 Å². The van der Waals surface area contributed by atoms with Crippen LogP contribution in [0.15, 0.2) is 30.6 Å². The van der Waals surface area contributed by atoms with Gasteiger partial charge in [-0.15, -0.1) is 10.2 Å². The number of methoxy groups -OCH3 is 1. The van der Waals surface area contributed by atoms with Gasteiger partial charge in [-0.1, -0.05) is 12.1 Å². The Morgan fingerprint density at radius 2 is 2.20 bits per heavy atom. The zero-order valence-corrected chi connectivity index (χ0v) is 11.7. The lowest BCUT2D eigenvalue weighted by Crippen LogP contribution is -2.30. The summed E-state index contributed by atoms with van der Waals surface area (Å²) in [6.07, 6.45) is 4.22. The highest BCUT2D eigenvalue weighted by Gasteiger charge is 2.20. The summed E-state index contributed by atoms with van der Waals surface area (Å²) in [5, 5.41) is 11.8. The first-order valence-electron chi connectivity index (χ1n) is 7.08. The number of hydrogen-bond donors (Lipinski definition) is 1. The van der Waals surface area contributed by atoms with Crippen molar-refractivity contribution in [1.82, 2.24) is 20.1 Å². The molecule has 1 aliphatic heterocycles. The summed E-state index contributed by atoms with van der Waals surface area (Å²) in [5.41, 5.74) is 1.23. The maximum atomic E-state index is 5.18. The number of rotatable bonds is 4. The van der Waals surface area contributed by atoms with E-state index in [0.29, 0.717) is 5.92 Å². The van der Waals surface area contributed by atoms with Crippen LogP contribution in [0.5, 0.6) is 5.75 Å². The van der Waals surface area contributed by atoms with Crippen LogP contribution in [0.4, 0.5) is 0 Å². The third kappa shape index (κ3) is 2.82. The van der Waals surface area contributed by atoms with Gasteiger partial charge < -0.3 is 14.6 Å². The average molecular weight is 272 g/mol. The lowest BCUT2D eigenvalue weighted by molar-refractivity contribution is 0.414. The number of aromatic nitrogens is 3. The lowest BCUT2D eigenvalue weighted by Gasteiger charge is -2.22. The Hall–Kier alpha value is -1.88. The van der Waals surface area contributed by atoms with Crippen LogP contribution in [0.25, 0.3) is 0 Å². The van der Waals surface area contributed by atoms with Crippen molar-refractivity contribution in [3.63, 3.8) is 0 Å². The summed E-state index contributed by atoms with van der Waals surface area (Å²) in [6.45, 7) is 2.92. The first kappa shape index (κ1) is 13.1. The highest BCUT2D eigenvalue weighted by Crippen LogP contribution is 2.22. The summed E-state index contributed by atoms with van der Waals surface area (Å²) in [5.74, 6) is 2.45.